The topological polar surface area (TPSA) is 94.3 Å². The minimum atomic E-state index is -5.04. The molecular formula is C16H12F3N3O4S. The van der Waals surface area contributed by atoms with E-state index in [1.165, 1.54) is 24.3 Å². The van der Waals surface area contributed by atoms with Crippen LogP contribution in [0.4, 0.5) is 18.9 Å². The number of aromatic nitrogens is 2. The van der Waals surface area contributed by atoms with Crippen molar-refractivity contribution in [2.45, 2.75) is 18.2 Å². The number of para-hydroxylation sites is 2. The van der Waals surface area contributed by atoms with Crippen molar-refractivity contribution in [3.8, 4) is 17.2 Å². The molecule has 1 N–H and O–H groups in total. The van der Waals surface area contributed by atoms with E-state index in [1.54, 1.807) is 19.1 Å². The zero-order valence-electron chi connectivity index (χ0n) is 13.7. The van der Waals surface area contributed by atoms with E-state index >= 15 is 0 Å². The first-order chi connectivity index (χ1) is 12.7. The Hall–Kier alpha value is -3.08. The highest BCUT2D eigenvalue weighted by Crippen LogP contribution is 2.33. The normalized spacial score (nSPS) is 12.0. The van der Waals surface area contributed by atoms with Crippen molar-refractivity contribution in [2.24, 2.45) is 0 Å². The van der Waals surface area contributed by atoms with E-state index < -0.39 is 27.0 Å². The molecule has 0 amide bonds. The maximum Gasteiger partial charge on any atom is 0.573 e. The molecule has 0 atom stereocenters. The van der Waals surface area contributed by atoms with Gasteiger partial charge in [-0.05, 0) is 24.3 Å². The predicted octanol–water partition coefficient (Wildman–Crippen LogP) is 3.74. The predicted molar refractivity (Wildman–Crippen MR) is 88.4 cm³/mol. The summed E-state index contributed by atoms with van der Waals surface area (Å²) in [5, 5.41) is 7.49. The van der Waals surface area contributed by atoms with E-state index in [4.69, 9.17) is 4.42 Å². The highest BCUT2D eigenvalue weighted by Gasteiger charge is 2.34. The Morgan fingerprint density at radius 2 is 1.70 bits per heavy atom. The van der Waals surface area contributed by atoms with Crippen LogP contribution < -0.4 is 9.46 Å². The Bertz CT molecular complexity index is 1060. The lowest BCUT2D eigenvalue weighted by atomic mass is 10.2. The molecule has 7 nitrogen and oxygen atoms in total. The van der Waals surface area contributed by atoms with E-state index in [9.17, 15) is 21.6 Å². The van der Waals surface area contributed by atoms with Gasteiger partial charge in [-0.1, -0.05) is 24.3 Å². The van der Waals surface area contributed by atoms with E-state index in [0.717, 1.165) is 12.1 Å². The molecule has 0 saturated carbocycles. The number of nitrogens with zero attached hydrogens (tertiary/aromatic N) is 2. The molecule has 0 unspecified atom stereocenters. The molecule has 0 fully saturated rings. The number of hydrogen-bond acceptors (Lipinski definition) is 6. The first kappa shape index (κ1) is 18.7. The monoisotopic (exact) mass is 399 g/mol. The quantitative estimate of drug-likeness (QED) is 0.702. The molecule has 11 heteroatoms. The first-order valence-electron chi connectivity index (χ1n) is 7.43. The van der Waals surface area contributed by atoms with Gasteiger partial charge in [0.2, 0.25) is 11.8 Å². The van der Waals surface area contributed by atoms with E-state index in [1.807, 2.05) is 0 Å². The fourth-order valence-electron chi connectivity index (χ4n) is 2.24. The summed E-state index contributed by atoms with van der Waals surface area (Å²) < 4.78 is 74.4. The third kappa shape index (κ3) is 4.37. The summed E-state index contributed by atoms with van der Waals surface area (Å²) in [5.74, 6) is -0.513. The molecule has 0 saturated heterocycles. The van der Waals surface area contributed by atoms with Crippen LogP contribution >= 0.6 is 0 Å². The second-order valence-electron chi connectivity index (χ2n) is 5.27. The van der Waals surface area contributed by atoms with Crippen molar-refractivity contribution < 1.29 is 30.7 Å². The average molecular weight is 399 g/mol. The SMILES string of the molecule is Cc1nnc(-c2ccccc2NS(=O)(=O)c2ccccc2OC(F)(F)F)o1. The zero-order valence-corrected chi connectivity index (χ0v) is 14.5. The van der Waals surface area contributed by atoms with Crippen LogP contribution in [0.1, 0.15) is 5.89 Å². The summed E-state index contributed by atoms with van der Waals surface area (Å²) in [6, 6.07) is 10.5. The van der Waals surface area contributed by atoms with Crippen LogP contribution in [-0.4, -0.2) is 25.0 Å². The Morgan fingerprint density at radius 1 is 1.04 bits per heavy atom. The standard InChI is InChI=1S/C16H12F3N3O4S/c1-10-20-21-15(25-10)11-6-2-3-7-12(11)22-27(23,24)14-9-5-4-8-13(14)26-16(17,18)19/h2-9,22H,1H3. The summed E-state index contributed by atoms with van der Waals surface area (Å²) in [6.07, 6.45) is -5.04. The van der Waals surface area contributed by atoms with Crippen LogP contribution in [-0.2, 0) is 10.0 Å². The molecule has 27 heavy (non-hydrogen) atoms. The largest absolute Gasteiger partial charge is 0.573 e. The Morgan fingerprint density at radius 3 is 2.37 bits per heavy atom. The van der Waals surface area contributed by atoms with Gasteiger partial charge in [-0.2, -0.15) is 0 Å². The van der Waals surface area contributed by atoms with Gasteiger partial charge in [-0.3, -0.25) is 4.72 Å². The Kier molecular flexibility index (Phi) is 4.79. The fraction of sp³-hybridized carbons (Fsp3) is 0.125. The van der Waals surface area contributed by atoms with Crippen LogP contribution in [0.2, 0.25) is 0 Å². The third-order valence-electron chi connectivity index (χ3n) is 3.29. The number of sulfonamides is 1. The lowest BCUT2D eigenvalue weighted by Crippen LogP contribution is -2.21. The van der Waals surface area contributed by atoms with Crippen molar-refractivity contribution in [1.82, 2.24) is 10.2 Å². The number of rotatable bonds is 5. The molecule has 0 radical (unpaired) electrons. The van der Waals surface area contributed by atoms with E-state index in [2.05, 4.69) is 19.7 Å². The third-order valence-corrected chi connectivity index (χ3v) is 4.70. The molecule has 0 aliphatic rings. The lowest BCUT2D eigenvalue weighted by Gasteiger charge is -2.15. The number of halogens is 3. The molecule has 1 aromatic heterocycles. The van der Waals surface area contributed by atoms with Gasteiger partial charge in [0, 0.05) is 6.92 Å². The summed E-state index contributed by atoms with van der Waals surface area (Å²) in [4.78, 5) is -0.668. The van der Waals surface area contributed by atoms with Gasteiger partial charge in [-0.25, -0.2) is 8.42 Å². The van der Waals surface area contributed by atoms with Crippen molar-refractivity contribution >= 4 is 15.7 Å². The number of ether oxygens (including phenoxy) is 1. The number of alkyl halides is 3. The summed E-state index contributed by atoms with van der Waals surface area (Å²) >= 11 is 0. The van der Waals surface area contributed by atoms with Gasteiger partial charge in [-0.15, -0.1) is 23.4 Å². The van der Waals surface area contributed by atoms with Crippen molar-refractivity contribution in [3.63, 3.8) is 0 Å². The molecule has 0 bridgehead atoms. The summed E-state index contributed by atoms with van der Waals surface area (Å²) in [6.45, 7) is 1.56. The maximum absolute atomic E-state index is 12.7. The zero-order chi connectivity index (χ0) is 19.7. The summed E-state index contributed by atoms with van der Waals surface area (Å²) in [5.41, 5.74) is 0.332. The number of nitrogens with one attached hydrogen (secondary N) is 1. The molecule has 0 aliphatic heterocycles. The smallest absolute Gasteiger partial charge is 0.421 e. The highest BCUT2D eigenvalue weighted by molar-refractivity contribution is 7.92. The van der Waals surface area contributed by atoms with Crippen LogP contribution in [0, 0.1) is 6.92 Å². The van der Waals surface area contributed by atoms with Gasteiger partial charge in [0.1, 0.15) is 10.6 Å². The number of benzene rings is 2. The van der Waals surface area contributed by atoms with Crippen molar-refractivity contribution in [2.75, 3.05) is 4.72 Å². The first-order valence-corrected chi connectivity index (χ1v) is 8.91. The van der Waals surface area contributed by atoms with Crippen LogP contribution in [0.3, 0.4) is 0 Å². The fourth-order valence-corrected chi connectivity index (χ4v) is 3.45. The van der Waals surface area contributed by atoms with E-state index in [-0.39, 0.29) is 23.0 Å². The van der Waals surface area contributed by atoms with E-state index in [0.29, 0.717) is 0 Å². The minimum absolute atomic E-state index is 0.0583. The summed E-state index contributed by atoms with van der Waals surface area (Å²) in [7, 11) is -4.40. The van der Waals surface area contributed by atoms with Crippen LogP contribution in [0.15, 0.2) is 57.8 Å². The number of aryl methyl sites for hydroxylation is 1. The number of anilines is 1. The van der Waals surface area contributed by atoms with Gasteiger partial charge in [0.25, 0.3) is 10.0 Å². The molecule has 0 spiro atoms. The van der Waals surface area contributed by atoms with Gasteiger partial charge < -0.3 is 9.15 Å². The molecule has 142 valence electrons. The van der Waals surface area contributed by atoms with Crippen molar-refractivity contribution in [3.05, 3.63) is 54.4 Å². The second kappa shape index (κ2) is 6.91. The molecule has 3 rings (SSSR count). The Balaban J connectivity index is 2.00. The molecule has 3 aromatic rings. The Labute approximate surface area is 151 Å². The lowest BCUT2D eigenvalue weighted by molar-refractivity contribution is -0.275. The van der Waals surface area contributed by atoms with Gasteiger partial charge in [0.15, 0.2) is 0 Å². The van der Waals surface area contributed by atoms with Crippen LogP contribution in [0.25, 0.3) is 11.5 Å². The maximum atomic E-state index is 12.7. The minimum Gasteiger partial charge on any atom is -0.421 e. The van der Waals surface area contributed by atoms with Crippen molar-refractivity contribution in [1.29, 1.82) is 0 Å². The van der Waals surface area contributed by atoms with Gasteiger partial charge in [0.05, 0.1) is 11.3 Å². The molecule has 0 aliphatic carbocycles. The average Bonchev–Trinajstić information content (AvgIpc) is 3.00. The highest BCUT2D eigenvalue weighted by atomic mass is 32.2. The van der Waals surface area contributed by atoms with Crippen LogP contribution in [0.5, 0.6) is 5.75 Å². The second-order valence-corrected chi connectivity index (χ2v) is 6.92. The number of hydrogen-bond donors (Lipinski definition) is 1. The molecule has 1 heterocycles. The molecular weight excluding hydrogens is 387 g/mol. The molecule has 2 aromatic carbocycles. The van der Waals surface area contributed by atoms with Gasteiger partial charge >= 0.3 is 6.36 Å².